The SMILES string of the molecule is Cc1cccc(Cl)c1/C(=N\NSC1C=CC(C)CC1)N1CCN(c2ncc(Cl)cn2)CC1C1CC1. The Morgan fingerprint density at radius 1 is 1.09 bits per heavy atom. The molecule has 3 unspecified atom stereocenters. The Morgan fingerprint density at radius 2 is 1.89 bits per heavy atom. The number of benzene rings is 1. The molecule has 35 heavy (non-hydrogen) atoms. The molecule has 1 saturated carbocycles. The molecule has 3 aliphatic rings. The summed E-state index contributed by atoms with van der Waals surface area (Å²) in [6.45, 7) is 6.87. The number of allylic oxidation sites excluding steroid dienone is 1. The molecule has 3 atom stereocenters. The molecule has 2 fully saturated rings. The summed E-state index contributed by atoms with van der Waals surface area (Å²) in [7, 11) is 0. The predicted octanol–water partition coefficient (Wildman–Crippen LogP) is 5.95. The Balaban J connectivity index is 1.41. The van der Waals surface area contributed by atoms with Gasteiger partial charge in [0.1, 0.15) is 0 Å². The molecule has 1 aromatic carbocycles. The van der Waals surface area contributed by atoms with Crippen LogP contribution >= 0.6 is 35.1 Å². The van der Waals surface area contributed by atoms with Crippen molar-refractivity contribution in [2.24, 2.45) is 16.9 Å². The lowest BCUT2D eigenvalue weighted by atomic mass is 9.98. The molecule has 2 aliphatic carbocycles. The van der Waals surface area contributed by atoms with Crippen LogP contribution in [-0.4, -0.2) is 51.6 Å². The van der Waals surface area contributed by atoms with Crippen molar-refractivity contribution in [1.82, 2.24) is 19.7 Å². The van der Waals surface area contributed by atoms with Gasteiger partial charge in [-0.15, -0.1) is 0 Å². The molecule has 1 N–H and O–H groups in total. The zero-order valence-electron chi connectivity index (χ0n) is 20.2. The fourth-order valence-corrected chi connectivity index (χ4v) is 6.06. The number of amidine groups is 1. The fourth-order valence-electron chi connectivity index (χ4n) is 4.96. The van der Waals surface area contributed by atoms with Crippen LogP contribution in [0, 0.1) is 18.8 Å². The van der Waals surface area contributed by atoms with Crippen LogP contribution in [0.2, 0.25) is 10.0 Å². The van der Waals surface area contributed by atoms with Gasteiger partial charge in [-0.2, -0.15) is 5.10 Å². The summed E-state index contributed by atoms with van der Waals surface area (Å²) in [6, 6.07) is 6.39. The third kappa shape index (κ3) is 5.89. The van der Waals surface area contributed by atoms with E-state index in [0.717, 1.165) is 54.0 Å². The van der Waals surface area contributed by atoms with E-state index in [0.29, 0.717) is 28.2 Å². The Morgan fingerprint density at radius 3 is 2.57 bits per heavy atom. The smallest absolute Gasteiger partial charge is 0.225 e. The van der Waals surface area contributed by atoms with Crippen LogP contribution in [0.3, 0.4) is 0 Å². The van der Waals surface area contributed by atoms with Crippen molar-refractivity contribution in [2.75, 3.05) is 24.5 Å². The summed E-state index contributed by atoms with van der Waals surface area (Å²) in [5.74, 6) is 2.96. The summed E-state index contributed by atoms with van der Waals surface area (Å²) >= 11 is 14.5. The van der Waals surface area contributed by atoms with Crippen molar-refractivity contribution < 1.29 is 0 Å². The zero-order valence-corrected chi connectivity index (χ0v) is 22.5. The zero-order chi connectivity index (χ0) is 24.4. The highest BCUT2D eigenvalue weighted by atomic mass is 35.5. The van der Waals surface area contributed by atoms with Crippen LogP contribution in [0.4, 0.5) is 5.95 Å². The molecule has 0 amide bonds. The summed E-state index contributed by atoms with van der Waals surface area (Å²) in [5.41, 5.74) is 2.14. The first-order valence-corrected chi connectivity index (χ1v) is 14.0. The van der Waals surface area contributed by atoms with Crippen molar-refractivity contribution >= 4 is 46.9 Å². The van der Waals surface area contributed by atoms with Crippen molar-refractivity contribution in [3.63, 3.8) is 0 Å². The second kappa shape index (κ2) is 11.0. The number of piperazine rings is 1. The second-order valence-electron chi connectivity index (χ2n) is 9.80. The highest BCUT2D eigenvalue weighted by Gasteiger charge is 2.41. The van der Waals surface area contributed by atoms with Crippen LogP contribution < -0.4 is 9.73 Å². The van der Waals surface area contributed by atoms with Gasteiger partial charge < -0.3 is 9.80 Å². The van der Waals surface area contributed by atoms with Crippen molar-refractivity contribution in [3.05, 3.63) is 63.9 Å². The van der Waals surface area contributed by atoms with Gasteiger partial charge in [0.2, 0.25) is 5.95 Å². The van der Waals surface area contributed by atoms with Gasteiger partial charge >= 0.3 is 0 Å². The average molecular weight is 532 g/mol. The van der Waals surface area contributed by atoms with Gasteiger partial charge in [0, 0.05) is 30.4 Å². The largest absolute Gasteiger partial charge is 0.348 e. The second-order valence-corrected chi connectivity index (χ2v) is 11.7. The fraction of sp³-hybridized carbons (Fsp3) is 0.500. The lowest BCUT2D eigenvalue weighted by Gasteiger charge is -2.43. The molecule has 5 rings (SSSR count). The van der Waals surface area contributed by atoms with E-state index in [1.54, 1.807) is 24.3 Å². The molecule has 0 radical (unpaired) electrons. The molecule has 2 heterocycles. The number of aryl methyl sites for hydroxylation is 1. The van der Waals surface area contributed by atoms with E-state index in [1.165, 1.54) is 19.3 Å². The molecule has 2 aromatic rings. The van der Waals surface area contributed by atoms with Crippen LogP contribution in [0.5, 0.6) is 0 Å². The van der Waals surface area contributed by atoms with E-state index in [1.807, 2.05) is 12.1 Å². The number of halogens is 2. The maximum Gasteiger partial charge on any atom is 0.225 e. The predicted molar refractivity (Wildman–Crippen MR) is 147 cm³/mol. The molecule has 0 spiro atoms. The summed E-state index contributed by atoms with van der Waals surface area (Å²) in [4.78, 5) is 17.0. The van der Waals surface area contributed by atoms with Crippen LogP contribution in [0.1, 0.15) is 43.7 Å². The van der Waals surface area contributed by atoms with Gasteiger partial charge in [-0.25, -0.2) is 14.8 Å². The minimum Gasteiger partial charge on any atom is -0.348 e. The first-order chi connectivity index (χ1) is 17.0. The van der Waals surface area contributed by atoms with Crippen molar-refractivity contribution in [3.8, 4) is 0 Å². The Hall–Kier alpha value is -1.96. The Labute approximate surface area is 222 Å². The van der Waals surface area contributed by atoms with E-state index >= 15 is 0 Å². The molecule has 9 heteroatoms. The molecule has 1 saturated heterocycles. The number of hydrazone groups is 1. The highest BCUT2D eigenvalue weighted by molar-refractivity contribution is 7.98. The van der Waals surface area contributed by atoms with Crippen LogP contribution in [0.15, 0.2) is 47.8 Å². The van der Waals surface area contributed by atoms with Gasteiger partial charge in [0.05, 0.1) is 28.5 Å². The minimum atomic E-state index is 0.319. The monoisotopic (exact) mass is 530 g/mol. The Kier molecular flexibility index (Phi) is 7.75. The van der Waals surface area contributed by atoms with Crippen molar-refractivity contribution in [1.29, 1.82) is 0 Å². The third-order valence-corrected chi connectivity index (χ3v) is 8.51. The van der Waals surface area contributed by atoms with E-state index in [4.69, 9.17) is 28.3 Å². The Bertz CT molecular complexity index is 1070. The summed E-state index contributed by atoms with van der Waals surface area (Å²) in [6.07, 6.45) is 12.8. The maximum absolute atomic E-state index is 6.77. The molecular formula is C26H32Cl2N6S. The van der Waals surface area contributed by atoms with Gasteiger partial charge in [-0.1, -0.05) is 54.4 Å². The normalized spacial score (nSPS) is 25.1. The number of hydrogen-bond donors (Lipinski definition) is 1. The first-order valence-electron chi connectivity index (χ1n) is 12.4. The number of anilines is 1. The van der Waals surface area contributed by atoms with Gasteiger partial charge in [0.25, 0.3) is 0 Å². The number of hydrogen-bond acceptors (Lipinski definition) is 6. The summed E-state index contributed by atoms with van der Waals surface area (Å²) < 4.78 is 0. The van der Waals surface area contributed by atoms with E-state index in [9.17, 15) is 0 Å². The molecule has 1 aliphatic heterocycles. The lowest BCUT2D eigenvalue weighted by molar-refractivity contribution is 0.252. The van der Waals surface area contributed by atoms with Crippen molar-refractivity contribution in [2.45, 2.75) is 50.8 Å². The molecule has 186 valence electrons. The van der Waals surface area contributed by atoms with Gasteiger partial charge in [-0.3, -0.25) is 0 Å². The minimum absolute atomic E-state index is 0.319. The molecule has 6 nitrogen and oxygen atoms in total. The standard InChI is InChI=1S/C26H32Cl2N6S/c1-17-6-10-21(11-7-17)35-32-31-25(24-18(2)4-3-5-22(24)28)34-13-12-33(16-23(34)19-8-9-19)26-29-14-20(27)15-30-26/h3-6,10,14-15,17,19,21,23,32H,7-9,11-13,16H2,1-2H3/b31-25+. The quantitative estimate of drug-likeness (QED) is 0.164. The molecular weight excluding hydrogens is 499 g/mol. The van der Waals surface area contributed by atoms with Gasteiger partial charge in [-0.05, 0) is 68.0 Å². The average Bonchev–Trinajstić information content (AvgIpc) is 3.70. The van der Waals surface area contributed by atoms with Crippen LogP contribution in [-0.2, 0) is 0 Å². The molecule has 1 aromatic heterocycles. The van der Waals surface area contributed by atoms with E-state index in [2.05, 4.69) is 56.7 Å². The van der Waals surface area contributed by atoms with E-state index < -0.39 is 0 Å². The maximum atomic E-state index is 6.77. The summed E-state index contributed by atoms with van der Waals surface area (Å²) in [5, 5.41) is 6.72. The lowest BCUT2D eigenvalue weighted by Crippen LogP contribution is -2.57. The number of aromatic nitrogens is 2. The number of nitrogens with zero attached hydrogens (tertiary/aromatic N) is 5. The van der Waals surface area contributed by atoms with Crippen LogP contribution in [0.25, 0.3) is 0 Å². The van der Waals surface area contributed by atoms with Gasteiger partial charge in [0.15, 0.2) is 5.84 Å². The topological polar surface area (TPSA) is 56.7 Å². The highest BCUT2D eigenvalue weighted by Crippen LogP contribution is 2.39. The molecule has 0 bridgehead atoms. The number of nitrogens with one attached hydrogen (secondary N) is 1. The first kappa shape index (κ1) is 24.7. The number of rotatable bonds is 6. The third-order valence-electron chi connectivity index (χ3n) is 7.11. The van der Waals surface area contributed by atoms with E-state index in [-0.39, 0.29) is 0 Å².